The standard InChI is InChI=1S/C16H30N2O3/c1-3-13(8-11-17)4-5-14(19)18-16(15(20)21)9-6-12(2)7-10-16/h12-13H,3-11,17H2,1-2H3,(H,18,19)(H,20,21). The number of carboxylic acids is 1. The summed E-state index contributed by atoms with van der Waals surface area (Å²) < 4.78 is 0. The molecule has 0 aromatic heterocycles. The van der Waals surface area contributed by atoms with Crippen LogP contribution < -0.4 is 11.1 Å². The Balaban J connectivity index is 2.52. The average molecular weight is 298 g/mol. The minimum atomic E-state index is -1.04. The summed E-state index contributed by atoms with van der Waals surface area (Å²) in [6.07, 6.45) is 5.89. The SMILES string of the molecule is CCC(CCN)CCC(=O)NC1(C(=O)O)CCC(C)CC1. The molecule has 1 saturated carbocycles. The van der Waals surface area contributed by atoms with Crippen molar-refractivity contribution in [1.29, 1.82) is 0 Å². The topological polar surface area (TPSA) is 92.4 Å². The van der Waals surface area contributed by atoms with Crippen molar-refractivity contribution in [2.75, 3.05) is 6.54 Å². The van der Waals surface area contributed by atoms with Crippen molar-refractivity contribution in [2.24, 2.45) is 17.6 Å². The highest BCUT2D eigenvalue weighted by Gasteiger charge is 2.42. The molecule has 0 bridgehead atoms. The molecule has 0 aromatic rings. The van der Waals surface area contributed by atoms with E-state index in [0.717, 1.165) is 32.1 Å². The van der Waals surface area contributed by atoms with Crippen LogP contribution in [0.1, 0.15) is 65.2 Å². The molecular weight excluding hydrogens is 268 g/mol. The largest absolute Gasteiger partial charge is 0.480 e. The molecule has 1 atom stereocenters. The molecule has 0 saturated heterocycles. The predicted molar refractivity (Wildman–Crippen MR) is 82.8 cm³/mol. The molecule has 5 nitrogen and oxygen atoms in total. The van der Waals surface area contributed by atoms with Gasteiger partial charge in [0.15, 0.2) is 0 Å². The summed E-state index contributed by atoms with van der Waals surface area (Å²) in [7, 11) is 0. The van der Waals surface area contributed by atoms with Crippen molar-refractivity contribution < 1.29 is 14.7 Å². The minimum Gasteiger partial charge on any atom is -0.480 e. The second-order valence-electron chi connectivity index (χ2n) is 6.51. The predicted octanol–water partition coefficient (Wildman–Crippen LogP) is 2.29. The van der Waals surface area contributed by atoms with E-state index in [-0.39, 0.29) is 5.91 Å². The van der Waals surface area contributed by atoms with E-state index in [1.54, 1.807) is 0 Å². The van der Waals surface area contributed by atoms with Gasteiger partial charge in [-0.05, 0) is 56.9 Å². The number of carbonyl (C=O) groups excluding carboxylic acids is 1. The maximum atomic E-state index is 12.1. The molecule has 0 heterocycles. The fourth-order valence-corrected chi connectivity index (χ4v) is 3.10. The van der Waals surface area contributed by atoms with Crippen LogP contribution >= 0.6 is 0 Å². The van der Waals surface area contributed by atoms with Crippen molar-refractivity contribution in [3.63, 3.8) is 0 Å². The van der Waals surface area contributed by atoms with Crippen molar-refractivity contribution >= 4 is 11.9 Å². The van der Waals surface area contributed by atoms with Crippen LogP contribution in [0.3, 0.4) is 0 Å². The highest BCUT2D eigenvalue weighted by atomic mass is 16.4. The summed E-state index contributed by atoms with van der Waals surface area (Å²) in [6, 6.07) is 0. The van der Waals surface area contributed by atoms with Crippen LogP contribution in [0.5, 0.6) is 0 Å². The Kier molecular flexibility index (Phi) is 7.15. The highest BCUT2D eigenvalue weighted by molar-refractivity contribution is 5.87. The minimum absolute atomic E-state index is 0.137. The quantitative estimate of drug-likeness (QED) is 0.641. The van der Waals surface area contributed by atoms with E-state index in [1.165, 1.54) is 0 Å². The van der Waals surface area contributed by atoms with E-state index in [9.17, 15) is 14.7 Å². The normalized spacial score (nSPS) is 27.1. The van der Waals surface area contributed by atoms with E-state index in [2.05, 4.69) is 19.2 Å². The monoisotopic (exact) mass is 298 g/mol. The van der Waals surface area contributed by atoms with Gasteiger partial charge in [0.05, 0.1) is 0 Å². The Morgan fingerprint density at radius 3 is 2.43 bits per heavy atom. The Hall–Kier alpha value is -1.10. The summed E-state index contributed by atoms with van der Waals surface area (Å²) in [6.45, 7) is 4.86. The summed E-state index contributed by atoms with van der Waals surface area (Å²) in [5.74, 6) is -0.0320. The number of hydrogen-bond acceptors (Lipinski definition) is 3. The van der Waals surface area contributed by atoms with E-state index in [0.29, 0.717) is 37.6 Å². The number of aliphatic carboxylic acids is 1. The van der Waals surface area contributed by atoms with Crippen LogP contribution in [0.4, 0.5) is 0 Å². The number of rotatable bonds is 8. The van der Waals surface area contributed by atoms with E-state index < -0.39 is 11.5 Å². The van der Waals surface area contributed by atoms with Crippen LogP contribution in [-0.2, 0) is 9.59 Å². The number of nitrogens with one attached hydrogen (secondary N) is 1. The van der Waals surface area contributed by atoms with Crippen molar-refractivity contribution in [3.8, 4) is 0 Å². The van der Waals surface area contributed by atoms with Crippen molar-refractivity contribution in [1.82, 2.24) is 5.32 Å². The van der Waals surface area contributed by atoms with Gasteiger partial charge >= 0.3 is 5.97 Å². The molecular formula is C16H30N2O3. The molecule has 1 aliphatic rings. The van der Waals surface area contributed by atoms with Gasteiger partial charge in [-0.25, -0.2) is 4.79 Å². The molecule has 1 fully saturated rings. The first-order valence-corrected chi connectivity index (χ1v) is 8.18. The molecule has 1 aliphatic carbocycles. The molecule has 21 heavy (non-hydrogen) atoms. The van der Waals surface area contributed by atoms with Crippen LogP contribution in [0.25, 0.3) is 0 Å². The lowest BCUT2D eigenvalue weighted by Crippen LogP contribution is -2.56. The summed E-state index contributed by atoms with van der Waals surface area (Å²) in [5, 5.41) is 12.3. The fraction of sp³-hybridized carbons (Fsp3) is 0.875. The van der Waals surface area contributed by atoms with Gasteiger partial charge < -0.3 is 16.2 Å². The smallest absolute Gasteiger partial charge is 0.329 e. The molecule has 122 valence electrons. The third-order valence-corrected chi connectivity index (χ3v) is 4.85. The third kappa shape index (κ3) is 5.30. The van der Waals surface area contributed by atoms with E-state index in [1.807, 2.05) is 0 Å². The average Bonchev–Trinajstić information content (AvgIpc) is 2.46. The van der Waals surface area contributed by atoms with E-state index >= 15 is 0 Å². The number of nitrogens with two attached hydrogens (primary N) is 1. The van der Waals surface area contributed by atoms with Crippen molar-refractivity contribution in [3.05, 3.63) is 0 Å². The van der Waals surface area contributed by atoms with Gasteiger partial charge in [0.1, 0.15) is 5.54 Å². The highest BCUT2D eigenvalue weighted by Crippen LogP contribution is 2.32. The zero-order chi connectivity index (χ0) is 15.9. The molecule has 4 N–H and O–H groups in total. The molecule has 0 aromatic carbocycles. The molecule has 1 rings (SSSR count). The molecule has 1 amide bonds. The van der Waals surface area contributed by atoms with Crippen LogP contribution in [-0.4, -0.2) is 29.1 Å². The number of carboxylic acid groups (broad SMARTS) is 1. The van der Waals surface area contributed by atoms with Crippen LogP contribution in [0.15, 0.2) is 0 Å². The maximum Gasteiger partial charge on any atom is 0.329 e. The molecule has 5 heteroatoms. The molecule has 0 spiro atoms. The number of amides is 1. The summed E-state index contributed by atoms with van der Waals surface area (Å²) in [5.41, 5.74) is 4.51. The van der Waals surface area contributed by atoms with Gasteiger partial charge in [-0.2, -0.15) is 0 Å². The lowest BCUT2D eigenvalue weighted by atomic mass is 9.77. The first-order valence-electron chi connectivity index (χ1n) is 8.18. The fourth-order valence-electron chi connectivity index (χ4n) is 3.10. The lowest BCUT2D eigenvalue weighted by molar-refractivity contribution is -0.149. The summed E-state index contributed by atoms with van der Waals surface area (Å²) >= 11 is 0. The zero-order valence-corrected chi connectivity index (χ0v) is 13.4. The number of carbonyl (C=O) groups is 2. The van der Waals surface area contributed by atoms with Gasteiger partial charge in [-0.1, -0.05) is 20.3 Å². The summed E-state index contributed by atoms with van der Waals surface area (Å²) in [4.78, 5) is 23.7. The Labute approximate surface area is 127 Å². The Bertz CT molecular complexity index is 349. The second kappa shape index (κ2) is 8.37. The van der Waals surface area contributed by atoms with Crippen LogP contribution in [0, 0.1) is 11.8 Å². The first-order chi connectivity index (χ1) is 9.93. The van der Waals surface area contributed by atoms with Gasteiger partial charge in [-0.15, -0.1) is 0 Å². The van der Waals surface area contributed by atoms with Crippen LogP contribution in [0.2, 0.25) is 0 Å². The lowest BCUT2D eigenvalue weighted by Gasteiger charge is -2.36. The second-order valence-corrected chi connectivity index (χ2v) is 6.51. The maximum absolute atomic E-state index is 12.1. The molecule has 0 radical (unpaired) electrons. The van der Waals surface area contributed by atoms with E-state index in [4.69, 9.17) is 5.73 Å². The van der Waals surface area contributed by atoms with Gasteiger partial charge in [0.25, 0.3) is 0 Å². The van der Waals surface area contributed by atoms with Gasteiger partial charge in [0, 0.05) is 6.42 Å². The molecule has 0 aliphatic heterocycles. The number of hydrogen-bond donors (Lipinski definition) is 3. The third-order valence-electron chi connectivity index (χ3n) is 4.85. The Morgan fingerprint density at radius 1 is 1.33 bits per heavy atom. The Morgan fingerprint density at radius 2 is 1.95 bits per heavy atom. The van der Waals surface area contributed by atoms with Gasteiger partial charge in [0.2, 0.25) is 5.91 Å². The zero-order valence-electron chi connectivity index (χ0n) is 13.4. The first kappa shape index (κ1) is 18.0. The van der Waals surface area contributed by atoms with Gasteiger partial charge in [-0.3, -0.25) is 4.79 Å². The van der Waals surface area contributed by atoms with Crippen molar-refractivity contribution in [2.45, 2.75) is 70.8 Å². The molecule has 1 unspecified atom stereocenters.